The quantitative estimate of drug-likeness (QED) is 0.328. The summed E-state index contributed by atoms with van der Waals surface area (Å²) in [5.41, 5.74) is 10.6. The van der Waals surface area contributed by atoms with E-state index in [1.165, 1.54) is 28.8 Å². The molecule has 2 aromatic carbocycles. The molecule has 0 radical (unpaired) electrons. The second-order valence-corrected chi connectivity index (χ2v) is 53.6. The third kappa shape index (κ3) is 3.94. The van der Waals surface area contributed by atoms with Crippen molar-refractivity contribution < 1.29 is 15.7 Å². The molecule has 0 fully saturated rings. The van der Waals surface area contributed by atoms with E-state index in [0.717, 1.165) is 0 Å². The van der Waals surface area contributed by atoms with Crippen molar-refractivity contribution in [2.24, 2.45) is 5.92 Å². The number of hydrogen-bond acceptors (Lipinski definition) is 0. The summed E-state index contributed by atoms with van der Waals surface area (Å²) in [6.45, 7) is 9.56. The van der Waals surface area contributed by atoms with Gasteiger partial charge in [-0.05, 0) is 0 Å². The van der Waals surface area contributed by atoms with Crippen LogP contribution in [0.15, 0.2) is 80.7 Å². The van der Waals surface area contributed by atoms with Crippen LogP contribution in [-0.4, -0.2) is 12.1 Å². The predicted molar refractivity (Wildman–Crippen MR) is 138 cm³/mol. The van der Waals surface area contributed by atoms with Crippen molar-refractivity contribution in [3.05, 3.63) is 97.4 Å². The third-order valence-electron chi connectivity index (χ3n) is 7.53. The van der Waals surface area contributed by atoms with Gasteiger partial charge in [0.2, 0.25) is 0 Å². The van der Waals surface area contributed by atoms with Crippen molar-refractivity contribution in [3.63, 3.8) is 0 Å². The first-order valence-electron chi connectivity index (χ1n) is 10.4. The summed E-state index contributed by atoms with van der Waals surface area (Å²) in [5, 5.41) is 0. The van der Waals surface area contributed by atoms with E-state index in [2.05, 4.69) is 97.6 Å². The van der Waals surface area contributed by atoms with Crippen molar-refractivity contribution in [2.45, 2.75) is 40.6 Å². The van der Waals surface area contributed by atoms with E-state index < -0.39 is 15.7 Å². The average molecular weight is 581 g/mol. The maximum absolute atomic E-state index is 3.18. The minimum atomic E-state index is -3.18. The molecule has 2 aromatic rings. The standard InChI is InChI=1S/C15H11.C9H13.2CH3.2ClH.GeH2.Zr/c1-2-6-12(7-3-1)15-11-10-13-8-4-5-9-14(13)15;1-6-5-7(2)9(4)8(6)3;;;;;;/h1-11H;6H,1-4H3;2*1H3;2*1H;1H2;. The topological polar surface area (TPSA) is 0 Å². The Labute approximate surface area is 200 Å². The van der Waals surface area contributed by atoms with E-state index in [-0.39, 0.29) is 24.8 Å². The number of rotatable bonds is 3. The van der Waals surface area contributed by atoms with Gasteiger partial charge in [-0.25, -0.2) is 0 Å². The molecule has 0 amide bonds. The molecule has 2 atom stereocenters. The van der Waals surface area contributed by atoms with Crippen LogP contribution in [0.3, 0.4) is 0 Å². The number of hydrogen-bond donors (Lipinski definition) is 0. The Morgan fingerprint density at radius 3 is 1.93 bits per heavy atom. The van der Waals surface area contributed by atoms with Crippen molar-refractivity contribution in [1.29, 1.82) is 0 Å². The molecule has 0 saturated carbocycles. The molecule has 0 aromatic heterocycles. The summed E-state index contributed by atoms with van der Waals surface area (Å²) < 4.78 is 7.93. The van der Waals surface area contributed by atoms with Crippen molar-refractivity contribution >= 4 is 42.5 Å². The van der Waals surface area contributed by atoms with Crippen LogP contribution in [0.1, 0.15) is 48.0 Å². The van der Waals surface area contributed by atoms with Crippen molar-refractivity contribution in [3.8, 4) is 0 Å². The fourth-order valence-corrected chi connectivity index (χ4v) is 30.3. The molecule has 0 aliphatic heterocycles. The van der Waals surface area contributed by atoms with Gasteiger partial charge in [-0.15, -0.1) is 24.8 Å². The molecule has 2 aliphatic carbocycles. The van der Waals surface area contributed by atoms with Gasteiger partial charge < -0.3 is 0 Å². The fourth-order valence-electron chi connectivity index (χ4n) is 5.85. The van der Waals surface area contributed by atoms with E-state index in [9.17, 15) is 0 Å². The van der Waals surface area contributed by atoms with E-state index in [1.807, 2.05) is 3.28 Å². The first kappa shape index (κ1) is 25.9. The molecule has 2 aliphatic rings. The summed E-state index contributed by atoms with van der Waals surface area (Å²) >= 11 is -1.74. The summed E-state index contributed by atoms with van der Waals surface area (Å²) in [6.07, 6.45) is 2.66. The monoisotopic (exact) mass is 580 g/mol. The zero-order valence-corrected chi connectivity index (χ0v) is 26.0. The van der Waals surface area contributed by atoms with Gasteiger partial charge in [-0.1, -0.05) is 0 Å². The average Bonchev–Trinajstić information content (AvgIpc) is 3.16. The molecular formula is C26H34Cl2GeZr. The Bertz CT molecular complexity index is 1130. The van der Waals surface area contributed by atoms with E-state index in [4.69, 9.17) is 0 Å². The number of fused-ring (bicyclic) bond motifs is 1. The smallest absolute Gasteiger partial charge is 0.147 e. The van der Waals surface area contributed by atoms with Crippen LogP contribution < -0.4 is 0 Å². The minimum absolute atomic E-state index is 0. The van der Waals surface area contributed by atoms with E-state index >= 15 is 0 Å². The normalized spacial score (nSPS) is 21.1. The molecule has 0 saturated heterocycles. The Balaban J connectivity index is 0.00000160. The fraction of sp³-hybridized carbons (Fsp3) is 0.308. The van der Waals surface area contributed by atoms with Crippen LogP contribution in [0.5, 0.6) is 0 Å². The first-order chi connectivity index (χ1) is 13.1. The van der Waals surface area contributed by atoms with Gasteiger partial charge in [0.1, 0.15) is 0 Å². The Morgan fingerprint density at radius 2 is 1.37 bits per heavy atom. The molecule has 30 heavy (non-hydrogen) atoms. The van der Waals surface area contributed by atoms with Gasteiger partial charge in [0, 0.05) is 0 Å². The number of benzene rings is 2. The van der Waals surface area contributed by atoms with Gasteiger partial charge in [-0.2, -0.15) is 0 Å². The molecule has 0 bridgehead atoms. The summed E-state index contributed by atoms with van der Waals surface area (Å²) in [7, 11) is 0. The van der Waals surface area contributed by atoms with E-state index in [1.54, 1.807) is 22.3 Å². The van der Waals surface area contributed by atoms with Gasteiger partial charge >= 0.3 is 177 Å². The van der Waals surface area contributed by atoms with Gasteiger partial charge in [0.15, 0.2) is 0 Å². The Hall–Kier alpha value is -0.334. The molecule has 4 rings (SSSR count). The zero-order valence-electron chi connectivity index (χ0n) is 19.0. The maximum Gasteiger partial charge on any atom is -0.147 e. The number of allylic oxidation sites excluding steroid dienone is 5. The maximum atomic E-state index is 2.73. The third-order valence-corrected chi connectivity index (χ3v) is 30.1. The second-order valence-electron chi connectivity index (χ2n) is 9.89. The molecule has 0 spiro atoms. The Morgan fingerprint density at radius 1 is 0.800 bits per heavy atom. The molecule has 0 nitrogen and oxygen atoms in total. The molecule has 160 valence electrons. The minimum Gasteiger partial charge on any atom is -0.147 e. The van der Waals surface area contributed by atoms with Crippen molar-refractivity contribution in [2.75, 3.05) is 0 Å². The van der Waals surface area contributed by atoms with Crippen molar-refractivity contribution in [1.82, 2.24) is 0 Å². The molecule has 0 N–H and O–H groups in total. The zero-order chi connectivity index (χ0) is 20.3. The number of halogens is 2. The van der Waals surface area contributed by atoms with Crippen LogP contribution in [0.4, 0.5) is 0 Å². The van der Waals surface area contributed by atoms with Crippen LogP contribution in [-0.2, 0) is 15.7 Å². The Kier molecular flexibility index (Phi) is 7.69. The van der Waals surface area contributed by atoms with Crippen LogP contribution in [0.25, 0.3) is 5.57 Å². The molecule has 2 unspecified atom stereocenters. The van der Waals surface area contributed by atoms with E-state index in [0.29, 0.717) is 9.54 Å². The predicted octanol–water partition coefficient (Wildman–Crippen LogP) is 7.61. The van der Waals surface area contributed by atoms with Gasteiger partial charge in [0.25, 0.3) is 0 Å². The van der Waals surface area contributed by atoms with Crippen LogP contribution in [0.2, 0.25) is 9.26 Å². The van der Waals surface area contributed by atoms with Crippen LogP contribution in [0, 0.1) is 5.92 Å². The summed E-state index contributed by atoms with van der Waals surface area (Å²) in [4.78, 5) is 0. The second kappa shape index (κ2) is 8.89. The first-order valence-corrected chi connectivity index (χ1v) is 28.5. The van der Waals surface area contributed by atoms with Gasteiger partial charge in [-0.3, -0.25) is 0 Å². The van der Waals surface area contributed by atoms with Crippen LogP contribution >= 0.6 is 24.8 Å². The largest absolute Gasteiger partial charge is 0.147 e. The molecule has 4 heteroatoms. The molecule has 0 heterocycles. The summed E-state index contributed by atoms with van der Waals surface area (Å²) in [5.74, 6) is 0.621. The van der Waals surface area contributed by atoms with Gasteiger partial charge in [0.05, 0.1) is 0 Å². The molecular weight excluding hydrogens is 547 g/mol. The summed E-state index contributed by atoms with van der Waals surface area (Å²) in [6, 6.07) is 20.2. The SMILES string of the molecule is CC1=C(C)C(C)[C]([Zr]([CH3])([CH3])(=[GeH2])[CH]2C=C(c3ccccc3)c3ccccc32)=C1C.Cl.Cl.